The maximum absolute atomic E-state index is 13.0. The van der Waals surface area contributed by atoms with Gasteiger partial charge in [-0.3, -0.25) is 14.4 Å². The Labute approximate surface area is 327 Å². The first kappa shape index (κ1) is 48.3. The minimum absolute atomic E-state index is 0.0794. The molecule has 55 heavy (non-hydrogen) atoms. The van der Waals surface area contributed by atoms with E-state index >= 15 is 0 Å². The highest BCUT2D eigenvalue weighted by atomic mass is 19.1. The number of halogens is 1. The van der Waals surface area contributed by atoms with Crippen LogP contribution >= 0.6 is 0 Å². The first-order valence-electron chi connectivity index (χ1n) is 19.7. The van der Waals surface area contributed by atoms with Crippen LogP contribution in [0.2, 0.25) is 0 Å². The molecule has 1 atom stereocenters. The zero-order valence-corrected chi connectivity index (χ0v) is 32.4. The number of primary amides is 1. The van der Waals surface area contributed by atoms with E-state index in [0.29, 0.717) is 145 Å². The van der Waals surface area contributed by atoms with Gasteiger partial charge in [0.05, 0.1) is 132 Å². The third-order valence-electron chi connectivity index (χ3n) is 7.23. The van der Waals surface area contributed by atoms with Crippen molar-refractivity contribution in [2.24, 2.45) is 5.73 Å². The third kappa shape index (κ3) is 37.8. The first-order valence-corrected chi connectivity index (χ1v) is 19.1. The Bertz CT molecular complexity index is 1080. The van der Waals surface area contributed by atoms with E-state index < -0.39 is 6.40 Å². The zero-order valence-electron chi connectivity index (χ0n) is 33.4. The number of hydrogen-bond acceptors (Lipinski definition) is 13. The van der Waals surface area contributed by atoms with E-state index in [9.17, 15) is 18.8 Å². The first-order chi connectivity index (χ1) is 27.4. The second-order valence-electron chi connectivity index (χ2n) is 11.8. The van der Waals surface area contributed by atoms with Crippen LogP contribution in [-0.2, 0) is 68.2 Å². The highest BCUT2D eigenvalue weighted by Gasteiger charge is 2.04. The summed E-state index contributed by atoms with van der Waals surface area (Å²) in [5.41, 5.74) is 5.76. The molecule has 0 heterocycles. The summed E-state index contributed by atoms with van der Waals surface area (Å²) in [5, 5.41) is 5.61. The number of amides is 3. The van der Waals surface area contributed by atoms with Crippen LogP contribution in [0.5, 0.6) is 0 Å². The number of carbonyl (C=O) groups excluding carboxylic acids is 3. The lowest BCUT2D eigenvalue weighted by atomic mass is 10.1. The van der Waals surface area contributed by atoms with Gasteiger partial charge in [-0.05, 0) is 43.4 Å². The standard InChI is InChI=1S/C38H66FN3O13/c39-35-7-4-34(5-8-35)6-9-37(44)41-12-2-1-3-13-42-38(45)11-15-47-17-19-49-21-23-51-25-27-53-29-31-55-33-32-54-30-28-52-26-24-50-22-20-48-18-16-46-14-10-36(40)43/h4-5,7-8H,1-3,6,9-33H2,(H2,40,43)(H,41,44)(H,42,45)/i9D. The van der Waals surface area contributed by atoms with Crippen molar-refractivity contribution in [2.75, 3.05) is 145 Å². The summed E-state index contributed by atoms with van der Waals surface area (Å²) >= 11 is 0. The molecule has 0 aromatic heterocycles. The monoisotopic (exact) mass is 792 g/mol. The predicted octanol–water partition coefficient (Wildman–Crippen LogP) is 1.59. The molecular weight excluding hydrogens is 725 g/mol. The van der Waals surface area contributed by atoms with Crippen LogP contribution in [0.15, 0.2) is 24.3 Å². The van der Waals surface area contributed by atoms with Gasteiger partial charge < -0.3 is 63.7 Å². The third-order valence-corrected chi connectivity index (χ3v) is 7.23. The molecule has 0 fully saturated rings. The Morgan fingerprint density at radius 2 is 0.818 bits per heavy atom. The minimum Gasteiger partial charge on any atom is -0.379 e. The molecule has 4 N–H and O–H groups in total. The molecule has 0 radical (unpaired) electrons. The van der Waals surface area contributed by atoms with Crippen molar-refractivity contribution in [3.05, 3.63) is 35.6 Å². The Morgan fingerprint density at radius 3 is 1.18 bits per heavy atom. The molecule has 17 heteroatoms. The summed E-state index contributed by atoms with van der Waals surface area (Å²) in [6, 6.07) is 5.81. The number of nitrogens with one attached hydrogen (secondary N) is 2. The van der Waals surface area contributed by atoms with E-state index in [1.165, 1.54) is 12.1 Å². The van der Waals surface area contributed by atoms with Crippen molar-refractivity contribution in [3.8, 4) is 0 Å². The van der Waals surface area contributed by atoms with Crippen LogP contribution in [0, 0.1) is 5.82 Å². The number of unbranched alkanes of at least 4 members (excludes halogenated alkanes) is 2. The fraction of sp³-hybridized carbons (Fsp3) is 0.763. The van der Waals surface area contributed by atoms with Gasteiger partial charge in [0.2, 0.25) is 17.7 Å². The lowest BCUT2D eigenvalue weighted by Crippen LogP contribution is -2.26. The zero-order chi connectivity index (χ0) is 40.6. The highest BCUT2D eigenvalue weighted by Crippen LogP contribution is 2.05. The highest BCUT2D eigenvalue weighted by molar-refractivity contribution is 5.76. The van der Waals surface area contributed by atoms with Gasteiger partial charge in [0.1, 0.15) is 5.82 Å². The maximum atomic E-state index is 13.0. The molecule has 0 aliphatic heterocycles. The van der Waals surface area contributed by atoms with E-state index in [0.717, 1.165) is 24.8 Å². The van der Waals surface area contributed by atoms with Gasteiger partial charge in [0, 0.05) is 33.7 Å². The average Bonchev–Trinajstić information content (AvgIpc) is 3.18. The molecule has 1 rings (SSSR count). The number of carbonyl (C=O) groups is 3. The van der Waals surface area contributed by atoms with Crippen LogP contribution in [0.3, 0.4) is 0 Å². The fourth-order valence-corrected chi connectivity index (χ4v) is 4.28. The van der Waals surface area contributed by atoms with Crippen LogP contribution in [0.25, 0.3) is 0 Å². The van der Waals surface area contributed by atoms with E-state index in [2.05, 4.69) is 10.6 Å². The van der Waals surface area contributed by atoms with E-state index in [-0.39, 0.29) is 42.8 Å². The van der Waals surface area contributed by atoms with Crippen LogP contribution < -0.4 is 16.4 Å². The summed E-state index contributed by atoms with van der Waals surface area (Å²) in [6.07, 6.45) is 2.14. The Morgan fingerprint density at radius 1 is 0.491 bits per heavy atom. The molecule has 0 saturated carbocycles. The van der Waals surface area contributed by atoms with Gasteiger partial charge in [-0.15, -0.1) is 0 Å². The molecule has 1 unspecified atom stereocenters. The summed E-state index contributed by atoms with van der Waals surface area (Å²) in [4.78, 5) is 34.6. The number of aryl methyl sites for hydroxylation is 1. The second kappa shape index (κ2) is 39.4. The number of nitrogens with two attached hydrogens (primary N) is 1. The van der Waals surface area contributed by atoms with Gasteiger partial charge in [-0.25, -0.2) is 4.39 Å². The molecule has 1 aromatic carbocycles. The molecule has 318 valence electrons. The summed E-state index contributed by atoms with van der Waals surface area (Å²) in [5.74, 6) is -1.16. The molecule has 1 aromatic rings. The fourth-order valence-electron chi connectivity index (χ4n) is 4.28. The largest absolute Gasteiger partial charge is 0.379 e. The number of benzene rings is 1. The molecule has 16 nitrogen and oxygen atoms in total. The quantitative estimate of drug-likeness (QED) is 0.0810. The topological polar surface area (TPSA) is 194 Å². The molecule has 0 aliphatic carbocycles. The summed E-state index contributed by atoms with van der Waals surface area (Å²) < 4.78 is 75.1. The van der Waals surface area contributed by atoms with E-state index in [1.807, 2.05) is 0 Å². The Hall–Kier alpha value is -2.84. The number of ether oxygens (including phenoxy) is 10. The lowest BCUT2D eigenvalue weighted by molar-refractivity contribution is -0.122. The molecule has 0 aliphatic rings. The number of hydrogen-bond donors (Lipinski definition) is 3. The average molecular weight is 793 g/mol. The molecule has 0 saturated heterocycles. The molecule has 3 amide bonds. The minimum atomic E-state index is -0.937. The maximum Gasteiger partial charge on any atom is 0.222 e. The van der Waals surface area contributed by atoms with Gasteiger partial charge >= 0.3 is 0 Å². The normalized spacial score (nSPS) is 12.1. The molecule has 0 bridgehead atoms. The van der Waals surface area contributed by atoms with Crippen molar-refractivity contribution in [2.45, 2.75) is 44.9 Å². The van der Waals surface area contributed by atoms with Crippen molar-refractivity contribution < 1.29 is 67.5 Å². The second-order valence-corrected chi connectivity index (χ2v) is 11.8. The van der Waals surface area contributed by atoms with Crippen LogP contribution in [0.1, 0.15) is 45.4 Å². The van der Waals surface area contributed by atoms with Gasteiger partial charge in [-0.2, -0.15) is 0 Å². The Balaban J connectivity index is 1.70. The van der Waals surface area contributed by atoms with Crippen LogP contribution in [-0.4, -0.2) is 163 Å². The predicted molar refractivity (Wildman–Crippen MR) is 201 cm³/mol. The van der Waals surface area contributed by atoms with Crippen molar-refractivity contribution in [3.63, 3.8) is 0 Å². The van der Waals surface area contributed by atoms with E-state index in [1.54, 1.807) is 12.1 Å². The van der Waals surface area contributed by atoms with Crippen LogP contribution in [0.4, 0.5) is 4.39 Å². The molecule has 0 spiro atoms. The SMILES string of the molecule is [2H]C(Cc1ccc(F)cc1)C(=O)NCCCCCNC(=O)CCOCCOCCOCCOCCOCCOCCOCCOCCOCCOCCC(N)=O. The number of rotatable bonds is 42. The summed E-state index contributed by atoms with van der Waals surface area (Å²) in [6.45, 7) is 9.75. The Kier molecular flexibility index (Phi) is 34.6. The summed E-state index contributed by atoms with van der Waals surface area (Å²) in [7, 11) is 0. The van der Waals surface area contributed by atoms with Crippen molar-refractivity contribution >= 4 is 17.7 Å². The van der Waals surface area contributed by atoms with Gasteiger partial charge in [-0.1, -0.05) is 12.1 Å². The van der Waals surface area contributed by atoms with Crippen molar-refractivity contribution in [1.29, 1.82) is 0 Å². The molecular formula is C38H66FN3O13. The van der Waals surface area contributed by atoms with E-state index in [4.69, 9.17) is 54.5 Å². The van der Waals surface area contributed by atoms with Gasteiger partial charge in [0.15, 0.2) is 0 Å². The van der Waals surface area contributed by atoms with Gasteiger partial charge in [0.25, 0.3) is 0 Å². The lowest BCUT2D eigenvalue weighted by Gasteiger charge is -2.09. The van der Waals surface area contributed by atoms with Crippen molar-refractivity contribution in [1.82, 2.24) is 10.6 Å². The smallest absolute Gasteiger partial charge is 0.222 e.